The molecule has 16 heavy (non-hydrogen) atoms. The van der Waals surface area contributed by atoms with Crippen molar-refractivity contribution in [3.05, 3.63) is 34.9 Å². The number of Topliss-reactive ketones (excluding diaryl/α,β-unsaturated/α-hetero) is 1. The summed E-state index contributed by atoms with van der Waals surface area (Å²) in [7, 11) is 0. The van der Waals surface area contributed by atoms with E-state index in [0.29, 0.717) is 5.02 Å². The van der Waals surface area contributed by atoms with Crippen molar-refractivity contribution in [2.45, 2.75) is 31.7 Å². The molecule has 86 valence electrons. The van der Waals surface area contributed by atoms with Gasteiger partial charge >= 0.3 is 0 Å². The summed E-state index contributed by atoms with van der Waals surface area (Å²) in [6, 6.07) is 7.43. The molecule has 1 aromatic rings. The van der Waals surface area contributed by atoms with Gasteiger partial charge in [0.2, 0.25) is 0 Å². The zero-order valence-corrected chi connectivity index (χ0v) is 9.91. The molecule has 1 saturated carbocycles. The molecule has 0 amide bonds. The van der Waals surface area contributed by atoms with Crippen LogP contribution in [-0.4, -0.2) is 11.8 Å². The van der Waals surface area contributed by atoms with E-state index in [9.17, 15) is 4.79 Å². The Balaban J connectivity index is 2.05. The average molecular weight is 238 g/mol. The first-order valence-corrected chi connectivity index (χ1v) is 6.10. The Bertz CT molecular complexity index is 366. The molecule has 0 heterocycles. The van der Waals surface area contributed by atoms with E-state index >= 15 is 0 Å². The van der Waals surface area contributed by atoms with E-state index in [1.807, 2.05) is 0 Å². The van der Waals surface area contributed by atoms with Gasteiger partial charge in [-0.05, 0) is 49.9 Å². The molecule has 0 aliphatic heterocycles. The van der Waals surface area contributed by atoms with Crippen LogP contribution < -0.4 is 5.73 Å². The molecule has 2 rings (SSSR count). The highest BCUT2D eigenvalue weighted by molar-refractivity contribution is 6.30. The zero-order valence-electron chi connectivity index (χ0n) is 9.16. The summed E-state index contributed by atoms with van der Waals surface area (Å²) >= 11 is 5.79. The molecule has 0 radical (unpaired) electrons. The Labute approximate surface area is 101 Å². The summed E-state index contributed by atoms with van der Waals surface area (Å²) in [6.07, 6.45) is 3.76. The Morgan fingerprint density at radius 3 is 2.25 bits per heavy atom. The molecule has 3 heteroatoms. The summed E-state index contributed by atoms with van der Waals surface area (Å²) in [6.45, 7) is 0. The van der Waals surface area contributed by atoms with Crippen molar-refractivity contribution in [3.63, 3.8) is 0 Å². The fourth-order valence-corrected chi connectivity index (χ4v) is 2.36. The van der Waals surface area contributed by atoms with Crippen molar-refractivity contribution in [3.8, 4) is 0 Å². The van der Waals surface area contributed by atoms with Crippen LogP contribution in [0.25, 0.3) is 0 Å². The molecule has 0 aromatic heterocycles. The molecule has 0 bridgehead atoms. The molecule has 0 atom stereocenters. The van der Waals surface area contributed by atoms with Crippen molar-refractivity contribution in [2.24, 2.45) is 11.7 Å². The van der Waals surface area contributed by atoms with Crippen molar-refractivity contribution < 1.29 is 4.79 Å². The van der Waals surface area contributed by atoms with Gasteiger partial charge in [-0.2, -0.15) is 0 Å². The normalized spacial score (nSPS) is 25.4. The van der Waals surface area contributed by atoms with Crippen LogP contribution in [0.5, 0.6) is 0 Å². The number of halogens is 1. The average Bonchev–Trinajstić information content (AvgIpc) is 2.30. The van der Waals surface area contributed by atoms with Crippen LogP contribution in [0.1, 0.15) is 36.0 Å². The van der Waals surface area contributed by atoms with Gasteiger partial charge in [0.15, 0.2) is 5.78 Å². The number of carbonyl (C=O) groups excluding carboxylic acids is 1. The Morgan fingerprint density at radius 2 is 1.69 bits per heavy atom. The number of nitrogens with two attached hydrogens (primary N) is 1. The number of rotatable bonds is 2. The first-order valence-electron chi connectivity index (χ1n) is 5.72. The monoisotopic (exact) mass is 237 g/mol. The number of ketones is 1. The Hall–Kier alpha value is -0.860. The minimum Gasteiger partial charge on any atom is -0.328 e. The maximum absolute atomic E-state index is 12.1. The highest BCUT2D eigenvalue weighted by Crippen LogP contribution is 2.26. The smallest absolute Gasteiger partial charge is 0.165 e. The first-order chi connectivity index (χ1) is 7.66. The fourth-order valence-electron chi connectivity index (χ4n) is 2.23. The summed E-state index contributed by atoms with van der Waals surface area (Å²) in [4.78, 5) is 12.1. The van der Waals surface area contributed by atoms with Gasteiger partial charge in [-0.15, -0.1) is 0 Å². The zero-order chi connectivity index (χ0) is 11.5. The van der Waals surface area contributed by atoms with Gasteiger partial charge < -0.3 is 5.73 Å². The van der Waals surface area contributed by atoms with Crippen LogP contribution in [-0.2, 0) is 0 Å². The van der Waals surface area contributed by atoms with E-state index in [1.165, 1.54) is 0 Å². The van der Waals surface area contributed by atoms with Gasteiger partial charge in [0.25, 0.3) is 0 Å². The SMILES string of the molecule is NC1CCC(C(=O)c2ccc(Cl)cc2)CC1. The van der Waals surface area contributed by atoms with Crippen molar-refractivity contribution >= 4 is 17.4 Å². The molecule has 0 spiro atoms. The third-order valence-corrected chi connectivity index (χ3v) is 3.52. The molecule has 1 aliphatic rings. The molecule has 0 saturated heterocycles. The molecule has 2 N–H and O–H groups in total. The maximum Gasteiger partial charge on any atom is 0.165 e. The molecule has 2 nitrogen and oxygen atoms in total. The minimum absolute atomic E-state index is 0.154. The number of benzene rings is 1. The second-order valence-corrected chi connectivity index (χ2v) is 4.92. The van der Waals surface area contributed by atoms with E-state index in [1.54, 1.807) is 24.3 Å². The van der Waals surface area contributed by atoms with Crippen LogP contribution in [0.4, 0.5) is 0 Å². The van der Waals surface area contributed by atoms with Crippen LogP contribution in [0, 0.1) is 5.92 Å². The molecule has 1 aromatic carbocycles. The van der Waals surface area contributed by atoms with Gasteiger partial charge in [0.1, 0.15) is 0 Å². The fraction of sp³-hybridized carbons (Fsp3) is 0.462. The van der Waals surface area contributed by atoms with E-state index in [4.69, 9.17) is 17.3 Å². The van der Waals surface area contributed by atoms with E-state index in [2.05, 4.69) is 0 Å². The van der Waals surface area contributed by atoms with Crippen LogP contribution in [0.3, 0.4) is 0 Å². The molecular weight excluding hydrogens is 222 g/mol. The lowest BCUT2D eigenvalue weighted by atomic mass is 9.82. The lowest BCUT2D eigenvalue weighted by molar-refractivity contribution is 0.0885. The van der Waals surface area contributed by atoms with Crippen LogP contribution in [0.2, 0.25) is 5.02 Å². The second kappa shape index (κ2) is 4.98. The maximum atomic E-state index is 12.1. The van der Waals surface area contributed by atoms with Gasteiger partial charge in [0.05, 0.1) is 0 Å². The topological polar surface area (TPSA) is 43.1 Å². The molecule has 0 unspecified atom stereocenters. The summed E-state index contributed by atoms with van der Waals surface area (Å²) < 4.78 is 0. The molecule has 1 fully saturated rings. The number of hydrogen-bond donors (Lipinski definition) is 1. The van der Waals surface area contributed by atoms with Gasteiger partial charge in [-0.3, -0.25) is 4.79 Å². The van der Waals surface area contributed by atoms with Crippen molar-refractivity contribution in [1.29, 1.82) is 0 Å². The van der Waals surface area contributed by atoms with E-state index < -0.39 is 0 Å². The second-order valence-electron chi connectivity index (χ2n) is 4.48. The first kappa shape index (κ1) is 11.6. The molecular formula is C13H16ClNO. The highest BCUT2D eigenvalue weighted by Gasteiger charge is 2.25. The van der Waals surface area contributed by atoms with Crippen molar-refractivity contribution in [2.75, 3.05) is 0 Å². The quantitative estimate of drug-likeness (QED) is 0.804. The van der Waals surface area contributed by atoms with Crippen molar-refractivity contribution in [1.82, 2.24) is 0 Å². The molecule has 1 aliphatic carbocycles. The summed E-state index contributed by atoms with van der Waals surface area (Å²) in [5, 5.41) is 0.669. The summed E-state index contributed by atoms with van der Waals surface area (Å²) in [5.41, 5.74) is 6.60. The van der Waals surface area contributed by atoms with Gasteiger partial charge in [0, 0.05) is 22.5 Å². The summed E-state index contributed by atoms with van der Waals surface area (Å²) in [5.74, 6) is 0.393. The third kappa shape index (κ3) is 2.63. The van der Waals surface area contributed by atoms with Crippen LogP contribution in [0.15, 0.2) is 24.3 Å². The van der Waals surface area contributed by atoms with Gasteiger partial charge in [-0.25, -0.2) is 0 Å². The standard InChI is InChI=1S/C13H16ClNO/c14-11-5-1-9(2-6-11)13(16)10-3-7-12(15)8-4-10/h1-2,5-6,10,12H,3-4,7-8,15H2. The Morgan fingerprint density at radius 1 is 1.12 bits per heavy atom. The lowest BCUT2D eigenvalue weighted by Crippen LogP contribution is -2.29. The number of hydrogen-bond acceptors (Lipinski definition) is 2. The van der Waals surface area contributed by atoms with E-state index in [-0.39, 0.29) is 17.7 Å². The number of carbonyl (C=O) groups is 1. The van der Waals surface area contributed by atoms with E-state index in [0.717, 1.165) is 31.2 Å². The third-order valence-electron chi connectivity index (χ3n) is 3.27. The Kier molecular flexibility index (Phi) is 3.62. The predicted molar refractivity (Wildman–Crippen MR) is 65.7 cm³/mol. The largest absolute Gasteiger partial charge is 0.328 e. The van der Waals surface area contributed by atoms with Gasteiger partial charge in [-0.1, -0.05) is 11.6 Å². The minimum atomic E-state index is 0.154. The highest BCUT2D eigenvalue weighted by atomic mass is 35.5. The van der Waals surface area contributed by atoms with Crippen LogP contribution >= 0.6 is 11.6 Å². The lowest BCUT2D eigenvalue weighted by Gasteiger charge is -2.24. The predicted octanol–water partition coefficient (Wildman–Crippen LogP) is 3.04.